The zero-order valence-corrected chi connectivity index (χ0v) is 12.1. The van der Waals surface area contributed by atoms with Gasteiger partial charge in [0, 0.05) is 12.6 Å². The zero-order chi connectivity index (χ0) is 14.6. The first-order valence-corrected chi connectivity index (χ1v) is 6.47. The standard InChI is InChI=1S/C12H14Cl2N2O3/c1-3-16(7(2)6-10(17)18)12(19)11-8(13)4-5-9(14)15-11/h4-5,7H,3,6H2,1-2H3,(H,17,18). The Morgan fingerprint density at radius 2 is 2.05 bits per heavy atom. The van der Waals surface area contributed by atoms with Gasteiger partial charge in [-0.25, -0.2) is 4.98 Å². The fourth-order valence-electron chi connectivity index (χ4n) is 1.72. The molecule has 0 fully saturated rings. The maximum Gasteiger partial charge on any atom is 0.305 e. The van der Waals surface area contributed by atoms with Crippen LogP contribution >= 0.6 is 23.2 Å². The molecule has 5 nitrogen and oxygen atoms in total. The molecule has 1 rings (SSSR count). The molecule has 0 spiro atoms. The van der Waals surface area contributed by atoms with E-state index in [0.717, 1.165) is 0 Å². The van der Waals surface area contributed by atoms with Crippen LogP contribution in [0.15, 0.2) is 12.1 Å². The summed E-state index contributed by atoms with van der Waals surface area (Å²) >= 11 is 11.7. The Labute approximate surface area is 121 Å². The first kappa shape index (κ1) is 15.7. The second-order valence-electron chi connectivity index (χ2n) is 4.00. The maximum atomic E-state index is 12.3. The minimum Gasteiger partial charge on any atom is -0.481 e. The average Bonchev–Trinajstić information content (AvgIpc) is 2.32. The molecule has 0 radical (unpaired) electrons. The molecule has 1 aromatic rings. The van der Waals surface area contributed by atoms with Crippen LogP contribution in [0.4, 0.5) is 0 Å². The summed E-state index contributed by atoms with van der Waals surface area (Å²) in [6.45, 7) is 3.78. The zero-order valence-electron chi connectivity index (χ0n) is 10.6. The summed E-state index contributed by atoms with van der Waals surface area (Å²) in [5.74, 6) is -1.40. The molecule has 104 valence electrons. The van der Waals surface area contributed by atoms with Crippen molar-refractivity contribution in [2.75, 3.05) is 6.54 Å². The normalized spacial score (nSPS) is 12.0. The number of amides is 1. The molecule has 0 saturated heterocycles. The lowest BCUT2D eigenvalue weighted by Gasteiger charge is -2.26. The molecule has 0 saturated carbocycles. The number of carboxylic acids is 1. The van der Waals surface area contributed by atoms with Gasteiger partial charge in [-0.2, -0.15) is 0 Å². The molecule has 0 aliphatic rings. The van der Waals surface area contributed by atoms with Crippen molar-refractivity contribution in [2.24, 2.45) is 0 Å². The van der Waals surface area contributed by atoms with E-state index in [4.69, 9.17) is 28.3 Å². The van der Waals surface area contributed by atoms with E-state index in [-0.39, 0.29) is 22.3 Å². The quantitative estimate of drug-likeness (QED) is 0.849. The topological polar surface area (TPSA) is 70.5 Å². The predicted octanol–water partition coefficient (Wildman–Crippen LogP) is 2.71. The molecular formula is C12H14Cl2N2O3. The molecule has 7 heteroatoms. The lowest BCUT2D eigenvalue weighted by atomic mass is 10.2. The number of hydrogen-bond donors (Lipinski definition) is 1. The van der Waals surface area contributed by atoms with E-state index in [1.54, 1.807) is 13.8 Å². The van der Waals surface area contributed by atoms with E-state index in [1.807, 2.05) is 0 Å². The SMILES string of the molecule is CCN(C(=O)c1nc(Cl)ccc1Cl)C(C)CC(=O)O. The molecule has 0 aromatic carbocycles. The highest BCUT2D eigenvalue weighted by molar-refractivity contribution is 6.34. The van der Waals surface area contributed by atoms with Crippen LogP contribution in [0.5, 0.6) is 0 Å². The molecular weight excluding hydrogens is 291 g/mol. The maximum absolute atomic E-state index is 12.3. The summed E-state index contributed by atoms with van der Waals surface area (Å²) < 4.78 is 0. The third-order valence-electron chi connectivity index (χ3n) is 2.62. The second-order valence-corrected chi connectivity index (χ2v) is 4.80. The van der Waals surface area contributed by atoms with Crippen molar-refractivity contribution in [3.05, 3.63) is 28.0 Å². The van der Waals surface area contributed by atoms with Crippen LogP contribution in [0.25, 0.3) is 0 Å². The number of hydrogen-bond acceptors (Lipinski definition) is 3. The van der Waals surface area contributed by atoms with E-state index >= 15 is 0 Å². The first-order valence-electron chi connectivity index (χ1n) is 5.71. The Kier molecular flexibility index (Phi) is 5.57. The van der Waals surface area contributed by atoms with Gasteiger partial charge in [0.05, 0.1) is 11.4 Å². The van der Waals surface area contributed by atoms with Crippen molar-refractivity contribution >= 4 is 35.1 Å². The first-order chi connectivity index (χ1) is 8.86. The van der Waals surface area contributed by atoms with E-state index < -0.39 is 17.9 Å². The largest absolute Gasteiger partial charge is 0.481 e. The van der Waals surface area contributed by atoms with Crippen LogP contribution in [0.2, 0.25) is 10.2 Å². The highest BCUT2D eigenvalue weighted by Crippen LogP contribution is 2.20. The Bertz CT molecular complexity index is 494. The van der Waals surface area contributed by atoms with Crippen LogP contribution in [0, 0.1) is 0 Å². The highest BCUT2D eigenvalue weighted by Gasteiger charge is 2.24. The van der Waals surface area contributed by atoms with Gasteiger partial charge >= 0.3 is 5.97 Å². The smallest absolute Gasteiger partial charge is 0.305 e. The van der Waals surface area contributed by atoms with Crippen LogP contribution in [-0.2, 0) is 4.79 Å². The van der Waals surface area contributed by atoms with Crippen LogP contribution in [0.1, 0.15) is 30.8 Å². The third kappa shape index (κ3) is 4.08. The summed E-state index contributed by atoms with van der Waals surface area (Å²) in [6, 6.07) is 2.52. The number of aromatic nitrogens is 1. The lowest BCUT2D eigenvalue weighted by Crippen LogP contribution is -2.40. The van der Waals surface area contributed by atoms with Crippen molar-refractivity contribution in [1.82, 2.24) is 9.88 Å². The van der Waals surface area contributed by atoms with Gasteiger partial charge in [0.25, 0.3) is 5.91 Å². The number of rotatable bonds is 5. The predicted molar refractivity (Wildman–Crippen MR) is 72.7 cm³/mol. The van der Waals surface area contributed by atoms with Crippen LogP contribution in [0.3, 0.4) is 0 Å². The lowest BCUT2D eigenvalue weighted by molar-refractivity contribution is -0.138. The monoisotopic (exact) mass is 304 g/mol. The molecule has 1 atom stereocenters. The van der Waals surface area contributed by atoms with Gasteiger partial charge in [-0.3, -0.25) is 9.59 Å². The van der Waals surface area contributed by atoms with Crippen molar-refractivity contribution < 1.29 is 14.7 Å². The van der Waals surface area contributed by atoms with Gasteiger partial charge in [-0.1, -0.05) is 23.2 Å². The summed E-state index contributed by atoms with van der Waals surface area (Å²) in [6.07, 6.45) is -0.141. The minimum atomic E-state index is -0.969. The van der Waals surface area contributed by atoms with Crippen molar-refractivity contribution in [1.29, 1.82) is 0 Å². The van der Waals surface area contributed by atoms with Crippen LogP contribution in [-0.4, -0.2) is 39.5 Å². The summed E-state index contributed by atoms with van der Waals surface area (Å²) in [5.41, 5.74) is 0.0354. The Hall–Kier alpha value is -1.33. The van der Waals surface area contributed by atoms with Crippen LogP contribution < -0.4 is 0 Å². The molecule has 1 unspecified atom stereocenters. The van der Waals surface area contributed by atoms with Gasteiger partial charge in [0.1, 0.15) is 10.8 Å². The molecule has 0 aliphatic heterocycles. The molecule has 0 bridgehead atoms. The minimum absolute atomic E-state index is 0.0354. The van der Waals surface area contributed by atoms with Crippen molar-refractivity contribution in [2.45, 2.75) is 26.3 Å². The number of pyridine rings is 1. The highest BCUT2D eigenvalue weighted by atomic mass is 35.5. The Morgan fingerprint density at radius 3 is 2.58 bits per heavy atom. The number of carboxylic acid groups (broad SMARTS) is 1. The summed E-state index contributed by atoms with van der Waals surface area (Å²) in [4.78, 5) is 28.3. The molecule has 0 aliphatic carbocycles. The second kappa shape index (κ2) is 6.73. The molecule has 19 heavy (non-hydrogen) atoms. The average molecular weight is 305 g/mol. The van der Waals surface area contributed by atoms with E-state index in [0.29, 0.717) is 6.54 Å². The Morgan fingerprint density at radius 1 is 1.42 bits per heavy atom. The van der Waals surface area contributed by atoms with Gasteiger partial charge in [0.15, 0.2) is 0 Å². The molecule has 1 aromatic heterocycles. The molecule has 1 N–H and O–H groups in total. The number of aliphatic carboxylic acids is 1. The molecule has 1 heterocycles. The Balaban J connectivity index is 3.01. The van der Waals surface area contributed by atoms with Crippen molar-refractivity contribution in [3.63, 3.8) is 0 Å². The number of nitrogens with zero attached hydrogens (tertiary/aromatic N) is 2. The fourth-order valence-corrected chi connectivity index (χ4v) is 2.06. The van der Waals surface area contributed by atoms with Gasteiger partial charge < -0.3 is 10.0 Å². The van der Waals surface area contributed by atoms with E-state index in [1.165, 1.54) is 17.0 Å². The van der Waals surface area contributed by atoms with Gasteiger partial charge in [-0.15, -0.1) is 0 Å². The van der Waals surface area contributed by atoms with E-state index in [9.17, 15) is 9.59 Å². The number of halogens is 2. The van der Waals surface area contributed by atoms with Gasteiger partial charge in [0.2, 0.25) is 0 Å². The molecule has 1 amide bonds. The van der Waals surface area contributed by atoms with E-state index in [2.05, 4.69) is 4.98 Å². The summed E-state index contributed by atoms with van der Waals surface area (Å²) in [5, 5.41) is 9.13. The number of carbonyl (C=O) groups is 2. The summed E-state index contributed by atoms with van der Waals surface area (Å²) in [7, 11) is 0. The van der Waals surface area contributed by atoms with Crippen molar-refractivity contribution in [3.8, 4) is 0 Å². The fraction of sp³-hybridized carbons (Fsp3) is 0.417. The third-order valence-corrected chi connectivity index (χ3v) is 3.13. The number of carbonyl (C=O) groups excluding carboxylic acids is 1. The van der Waals surface area contributed by atoms with Gasteiger partial charge in [-0.05, 0) is 26.0 Å².